The minimum Gasteiger partial charge on any atom is -0.371 e. The van der Waals surface area contributed by atoms with E-state index in [0.29, 0.717) is 0 Å². The first-order valence-corrected chi connectivity index (χ1v) is 19.9. The normalized spacial score (nSPS) is 41.1. The molecule has 2 nitrogen and oxygen atoms in total. The Morgan fingerprint density at radius 3 is 2.18 bits per heavy atom. The predicted molar refractivity (Wildman–Crippen MR) is 192 cm³/mol. The van der Waals surface area contributed by atoms with Gasteiger partial charge in [-0.05, 0) is 126 Å². The highest BCUT2D eigenvalue weighted by molar-refractivity contribution is 6.32. The standard InChI is InChI=1S/C42H64ClN2/c1-7-44-35-25-21-28-14-9-11-18-32(28)38(35)42(5,6)37(44)27-23-31-17-13-16-30(39(31)43)22-26-36-41(3,4)34-24-20-29-15-10-12-19-33(29)40(34)45(36)8-2/h22-23,26-29,32-35,38,40H,7-21,24-25H2,1-6H3/q+1. The molecule has 0 radical (unpaired) electrons. The Bertz CT molecular complexity index is 1290. The second kappa shape index (κ2) is 12.6. The first-order chi connectivity index (χ1) is 21.7. The zero-order valence-corrected chi connectivity index (χ0v) is 30.5. The Morgan fingerprint density at radius 1 is 0.756 bits per heavy atom. The van der Waals surface area contributed by atoms with Crippen molar-refractivity contribution in [3.8, 4) is 0 Å². The number of allylic oxidation sites excluding steroid dienone is 8. The molecule has 0 aromatic heterocycles. The summed E-state index contributed by atoms with van der Waals surface area (Å²) in [5.41, 5.74) is 6.33. The van der Waals surface area contributed by atoms with Crippen LogP contribution in [0.2, 0.25) is 0 Å². The van der Waals surface area contributed by atoms with E-state index in [-0.39, 0.29) is 10.8 Å². The molecule has 45 heavy (non-hydrogen) atoms. The zero-order valence-electron chi connectivity index (χ0n) is 29.7. The van der Waals surface area contributed by atoms with E-state index in [2.05, 4.69) is 75.3 Å². The van der Waals surface area contributed by atoms with E-state index in [9.17, 15) is 0 Å². The number of halogens is 1. The van der Waals surface area contributed by atoms with E-state index in [1.165, 1.54) is 94.6 Å². The van der Waals surface area contributed by atoms with Gasteiger partial charge in [0.2, 0.25) is 0 Å². The quantitative estimate of drug-likeness (QED) is 0.274. The van der Waals surface area contributed by atoms with Gasteiger partial charge < -0.3 is 4.90 Å². The Kier molecular flexibility index (Phi) is 9.06. The molecule has 7 aliphatic rings. The molecule has 7 rings (SSSR count). The number of hydrogen-bond donors (Lipinski definition) is 0. The maximum atomic E-state index is 7.32. The summed E-state index contributed by atoms with van der Waals surface area (Å²) in [5, 5.41) is 1.03. The summed E-state index contributed by atoms with van der Waals surface area (Å²) >= 11 is 7.32. The van der Waals surface area contributed by atoms with E-state index >= 15 is 0 Å². The van der Waals surface area contributed by atoms with Crippen molar-refractivity contribution in [3.05, 3.63) is 46.2 Å². The third-order valence-corrected chi connectivity index (χ3v) is 15.3. The molecule has 0 aromatic carbocycles. The molecule has 1 saturated heterocycles. The van der Waals surface area contributed by atoms with E-state index in [4.69, 9.17) is 11.6 Å². The Labute approximate surface area is 281 Å². The lowest BCUT2D eigenvalue weighted by Gasteiger charge is -2.47. The molecular formula is C42H64ClN2+. The van der Waals surface area contributed by atoms with Crippen LogP contribution in [0.3, 0.4) is 0 Å². The molecule has 8 atom stereocenters. The number of nitrogens with zero attached hydrogens (tertiary/aromatic N) is 2. The third-order valence-electron chi connectivity index (χ3n) is 14.8. The average Bonchev–Trinajstić information content (AvgIpc) is 3.41. The summed E-state index contributed by atoms with van der Waals surface area (Å²) in [6, 6.07) is 1.47. The largest absolute Gasteiger partial charge is 0.371 e. The third kappa shape index (κ3) is 5.38. The lowest BCUT2D eigenvalue weighted by Crippen LogP contribution is -2.46. The van der Waals surface area contributed by atoms with Gasteiger partial charge in [0, 0.05) is 47.1 Å². The van der Waals surface area contributed by atoms with Gasteiger partial charge in [-0.3, -0.25) is 0 Å². The predicted octanol–water partition coefficient (Wildman–Crippen LogP) is 11.1. The van der Waals surface area contributed by atoms with Crippen LogP contribution in [0.25, 0.3) is 0 Å². The molecule has 0 aromatic rings. The highest BCUT2D eigenvalue weighted by atomic mass is 35.5. The SMILES string of the molecule is CCN1/C(=C/C=C2\CCCC(/C=C/C3=[N+](CC)C4CCC5CCCCC5C4C3(C)C)=C2Cl)C(C)(C)C2CCC3CCCCC3C21. The summed E-state index contributed by atoms with van der Waals surface area (Å²) in [6.07, 6.45) is 30.7. The maximum Gasteiger partial charge on any atom is 0.182 e. The molecule has 248 valence electrons. The van der Waals surface area contributed by atoms with Crippen molar-refractivity contribution in [3.63, 3.8) is 0 Å². The fraction of sp³-hybridized carbons (Fsp3) is 0.786. The van der Waals surface area contributed by atoms with E-state index in [1.807, 2.05) is 0 Å². The molecule has 2 heterocycles. The van der Waals surface area contributed by atoms with Gasteiger partial charge in [-0.2, -0.15) is 0 Å². The molecule has 0 spiro atoms. The van der Waals surface area contributed by atoms with E-state index in [0.717, 1.165) is 78.6 Å². The van der Waals surface area contributed by atoms with Gasteiger partial charge in [-0.15, -0.1) is 0 Å². The van der Waals surface area contributed by atoms with Crippen molar-refractivity contribution in [1.29, 1.82) is 0 Å². The molecule has 4 saturated carbocycles. The lowest BCUT2D eigenvalue weighted by molar-refractivity contribution is -0.565. The molecule has 0 N–H and O–H groups in total. The molecule has 0 amide bonds. The average molecular weight is 632 g/mol. The van der Waals surface area contributed by atoms with Crippen LogP contribution in [-0.4, -0.2) is 40.4 Å². The van der Waals surface area contributed by atoms with Crippen LogP contribution >= 0.6 is 11.6 Å². The zero-order chi connectivity index (χ0) is 31.5. The Hall–Kier alpha value is -1.28. The van der Waals surface area contributed by atoms with Crippen molar-refractivity contribution < 1.29 is 4.58 Å². The number of likely N-dealkylation sites (tertiary alicyclic amines) is 1. The topological polar surface area (TPSA) is 6.25 Å². The number of fused-ring (bicyclic) bond motifs is 6. The fourth-order valence-corrected chi connectivity index (χ4v) is 13.2. The van der Waals surface area contributed by atoms with Crippen molar-refractivity contribution in [2.75, 3.05) is 13.1 Å². The lowest BCUT2D eigenvalue weighted by atomic mass is 9.57. The van der Waals surface area contributed by atoms with E-state index in [1.54, 1.807) is 11.4 Å². The van der Waals surface area contributed by atoms with Crippen LogP contribution in [0.5, 0.6) is 0 Å². The van der Waals surface area contributed by atoms with Gasteiger partial charge in [-0.25, -0.2) is 4.58 Å². The van der Waals surface area contributed by atoms with Crippen LogP contribution in [0.4, 0.5) is 0 Å². The van der Waals surface area contributed by atoms with Gasteiger partial charge in [0.05, 0.1) is 5.41 Å². The Morgan fingerprint density at radius 2 is 1.44 bits per heavy atom. The monoisotopic (exact) mass is 631 g/mol. The van der Waals surface area contributed by atoms with Crippen molar-refractivity contribution >= 4 is 17.3 Å². The first-order valence-electron chi connectivity index (χ1n) is 19.6. The molecule has 2 aliphatic heterocycles. The van der Waals surface area contributed by atoms with Crippen LogP contribution in [0, 0.1) is 46.3 Å². The highest BCUT2D eigenvalue weighted by Gasteiger charge is 2.59. The van der Waals surface area contributed by atoms with Crippen LogP contribution in [0.1, 0.15) is 138 Å². The van der Waals surface area contributed by atoms with Gasteiger partial charge >= 0.3 is 0 Å². The van der Waals surface area contributed by atoms with Gasteiger partial charge in [0.1, 0.15) is 6.54 Å². The molecule has 3 heteroatoms. The van der Waals surface area contributed by atoms with Crippen LogP contribution < -0.4 is 0 Å². The number of rotatable bonds is 5. The summed E-state index contributed by atoms with van der Waals surface area (Å²) in [7, 11) is 0. The van der Waals surface area contributed by atoms with Crippen molar-refractivity contribution in [2.24, 2.45) is 46.3 Å². The highest BCUT2D eigenvalue weighted by Crippen LogP contribution is 2.59. The van der Waals surface area contributed by atoms with E-state index < -0.39 is 0 Å². The molecule has 5 fully saturated rings. The van der Waals surface area contributed by atoms with Crippen molar-refractivity contribution in [1.82, 2.24) is 4.90 Å². The summed E-state index contributed by atoms with van der Waals surface area (Å²) < 4.78 is 2.81. The molecule has 8 unspecified atom stereocenters. The van der Waals surface area contributed by atoms with Gasteiger partial charge in [0.15, 0.2) is 11.8 Å². The summed E-state index contributed by atoms with van der Waals surface area (Å²) in [4.78, 5) is 2.85. The summed E-state index contributed by atoms with van der Waals surface area (Å²) in [5.74, 6) is 5.35. The smallest absolute Gasteiger partial charge is 0.182 e. The fourth-order valence-electron chi connectivity index (χ4n) is 12.8. The second-order valence-electron chi connectivity index (χ2n) is 17.4. The number of hydrogen-bond acceptors (Lipinski definition) is 1. The summed E-state index contributed by atoms with van der Waals surface area (Å²) in [6.45, 7) is 17.3. The van der Waals surface area contributed by atoms with Gasteiger partial charge in [-0.1, -0.05) is 76.1 Å². The Balaban J connectivity index is 1.16. The second-order valence-corrected chi connectivity index (χ2v) is 17.8. The van der Waals surface area contributed by atoms with Crippen LogP contribution in [-0.2, 0) is 0 Å². The molecule has 0 bridgehead atoms. The molecule has 5 aliphatic carbocycles. The van der Waals surface area contributed by atoms with Crippen LogP contribution in [0.15, 0.2) is 46.2 Å². The minimum absolute atomic E-state index is 0.231. The molecular weight excluding hydrogens is 568 g/mol. The minimum atomic E-state index is 0.231. The van der Waals surface area contributed by atoms with Crippen molar-refractivity contribution in [2.45, 2.75) is 150 Å². The van der Waals surface area contributed by atoms with Gasteiger partial charge in [0.25, 0.3) is 0 Å². The maximum absolute atomic E-state index is 7.32. The first kappa shape index (κ1) is 32.3.